The zero-order valence-electron chi connectivity index (χ0n) is 17.2. The topological polar surface area (TPSA) is 54.9 Å². The van der Waals surface area contributed by atoms with Crippen LogP contribution in [0.1, 0.15) is 15.9 Å². The number of rotatable bonds is 4. The quantitative estimate of drug-likeness (QED) is 0.338. The monoisotopic (exact) mass is 439 g/mol. The predicted molar refractivity (Wildman–Crippen MR) is 127 cm³/mol. The van der Waals surface area contributed by atoms with E-state index in [0.29, 0.717) is 16.4 Å². The largest absolute Gasteiger partial charge is 0.298 e. The molecule has 3 aromatic carbocycles. The average molecular weight is 440 g/mol. The van der Waals surface area contributed by atoms with Crippen LogP contribution in [0.25, 0.3) is 33.4 Å². The maximum atomic E-state index is 13.2. The molecule has 32 heavy (non-hydrogen) atoms. The number of hydrogen-bond acceptors (Lipinski definition) is 4. The lowest BCUT2D eigenvalue weighted by Crippen LogP contribution is -2.13. The third kappa shape index (κ3) is 4.00. The Kier molecular flexibility index (Phi) is 5.21. The second kappa shape index (κ2) is 8.32. The Morgan fingerprint density at radius 2 is 1.56 bits per heavy atom. The summed E-state index contributed by atoms with van der Waals surface area (Å²) in [6.07, 6.45) is 0. The number of para-hydroxylation sites is 1. The summed E-state index contributed by atoms with van der Waals surface area (Å²) in [5, 5.41) is 6.00. The van der Waals surface area contributed by atoms with Crippen LogP contribution >= 0.6 is 11.3 Å². The van der Waals surface area contributed by atoms with Gasteiger partial charge < -0.3 is 0 Å². The number of nitrogens with zero attached hydrogens (tertiary/aromatic N) is 2. The summed E-state index contributed by atoms with van der Waals surface area (Å²) in [6, 6.07) is 23.6. The van der Waals surface area contributed by atoms with Gasteiger partial charge in [0.15, 0.2) is 5.13 Å². The summed E-state index contributed by atoms with van der Waals surface area (Å²) in [7, 11) is 0. The maximum Gasteiger partial charge on any atom is 0.258 e. The van der Waals surface area contributed by atoms with E-state index >= 15 is 0 Å². The van der Waals surface area contributed by atoms with Crippen molar-refractivity contribution in [1.29, 1.82) is 0 Å². The first kappa shape index (κ1) is 20.0. The summed E-state index contributed by atoms with van der Waals surface area (Å²) < 4.78 is 13.2. The van der Waals surface area contributed by atoms with Gasteiger partial charge in [-0.1, -0.05) is 48.0 Å². The smallest absolute Gasteiger partial charge is 0.258 e. The molecule has 0 atom stereocenters. The van der Waals surface area contributed by atoms with Crippen molar-refractivity contribution in [1.82, 2.24) is 9.97 Å². The van der Waals surface area contributed by atoms with Crippen LogP contribution in [-0.4, -0.2) is 15.9 Å². The van der Waals surface area contributed by atoms with Gasteiger partial charge in [0, 0.05) is 21.9 Å². The fraction of sp³-hybridized carbons (Fsp3) is 0.0385. The number of carbonyl (C=O) groups is 1. The Morgan fingerprint density at radius 1 is 0.875 bits per heavy atom. The van der Waals surface area contributed by atoms with Gasteiger partial charge in [0.25, 0.3) is 5.91 Å². The van der Waals surface area contributed by atoms with Crippen molar-refractivity contribution in [2.45, 2.75) is 6.92 Å². The van der Waals surface area contributed by atoms with E-state index in [-0.39, 0.29) is 11.7 Å². The van der Waals surface area contributed by atoms with Crippen LogP contribution < -0.4 is 5.32 Å². The third-order valence-electron chi connectivity index (χ3n) is 5.17. The summed E-state index contributed by atoms with van der Waals surface area (Å²) in [6.45, 7) is 2.03. The number of carbonyl (C=O) groups excluding carboxylic acids is 1. The standard InChI is InChI=1S/C26H18FN3OS/c1-16-6-8-17(9-7-16)23-14-21(20-4-2-3-5-22(20)28-23)25(31)30-26-29-24(15-32-26)18-10-12-19(27)13-11-18/h2-15H,1H3,(H,29,30,31). The predicted octanol–water partition coefficient (Wildman–Crippen LogP) is 6.73. The lowest BCUT2D eigenvalue weighted by Gasteiger charge is -2.10. The number of nitrogens with one attached hydrogen (secondary N) is 1. The lowest BCUT2D eigenvalue weighted by atomic mass is 10.0. The average Bonchev–Trinajstić information content (AvgIpc) is 3.27. The summed E-state index contributed by atoms with van der Waals surface area (Å²) in [5.41, 5.74) is 5.60. The Bertz CT molecular complexity index is 1430. The molecule has 0 fully saturated rings. The molecule has 2 heterocycles. The highest BCUT2D eigenvalue weighted by molar-refractivity contribution is 7.14. The van der Waals surface area contributed by atoms with Gasteiger partial charge in [-0.05, 0) is 43.3 Å². The van der Waals surface area contributed by atoms with Gasteiger partial charge >= 0.3 is 0 Å². The molecular weight excluding hydrogens is 421 g/mol. The normalized spacial score (nSPS) is 10.9. The van der Waals surface area contributed by atoms with Crippen molar-refractivity contribution in [3.8, 4) is 22.5 Å². The van der Waals surface area contributed by atoms with Crippen LogP contribution in [0, 0.1) is 12.7 Å². The van der Waals surface area contributed by atoms with Gasteiger partial charge in [-0.2, -0.15) is 0 Å². The van der Waals surface area contributed by atoms with Gasteiger partial charge in [0.2, 0.25) is 0 Å². The van der Waals surface area contributed by atoms with Crippen LogP contribution in [-0.2, 0) is 0 Å². The van der Waals surface area contributed by atoms with Crippen LogP contribution in [0.4, 0.5) is 9.52 Å². The van der Waals surface area contributed by atoms with E-state index in [1.807, 2.05) is 66.9 Å². The van der Waals surface area contributed by atoms with Crippen molar-refractivity contribution in [3.63, 3.8) is 0 Å². The van der Waals surface area contributed by atoms with Gasteiger partial charge in [-0.15, -0.1) is 11.3 Å². The fourth-order valence-electron chi connectivity index (χ4n) is 3.48. The minimum Gasteiger partial charge on any atom is -0.298 e. The van der Waals surface area contributed by atoms with Crippen LogP contribution in [0.5, 0.6) is 0 Å². The zero-order valence-corrected chi connectivity index (χ0v) is 18.0. The highest BCUT2D eigenvalue weighted by Crippen LogP contribution is 2.28. The van der Waals surface area contributed by atoms with E-state index < -0.39 is 0 Å². The van der Waals surface area contributed by atoms with Crippen molar-refractivity contribution in [2.75, 3.05) is 5.32 Å². The van der Waals surface area contributed by atoms with E-state index in [0.717, 1.165) is 33.3 Å². The second-order valence-electron chi connectivity index (χ2n) is 7.44. The number of pyridine rings is 1. The molecule has 0 aliphatic rings. The van der Waals surface area contributed by atoms with Crippen molar-refractivity contribution < 1.29 is 9.18 Å². The van der Waals surface area contributed by atoms with E-state index in [2.05, 4.69) is 10.3 Å². The van der Waals surface area contributed by atoms with E-state index in [9.17, 15) is 9.18 Å². The molecule has 0 unspecified atom stereocenters. The van der Waals surface area contributed by atoms with Gasteiger partial charge in [-0.25, -0.2) is 14.4 Å². The summed E-state index contributed by atoms with van der Waals surface area (Å²) >= 11 is 1.33. The number of fused-ring (bicyclic) bond motifs is 1. The van der Waals surface area contributed by atoms with Crippen molar-refractivity contribution >= 4 is 33.3 Å². The second-order valence-corrected chi connectivity index (χ2v) is 8.30. The molecule has 5 aromatic rings. The van der Waals surface area contributed by atoms with Crippen LogP contribution in [0.15, 0.2) is 84.2 Å². The number of hydrogen-bond donors (Lipinski definition) is 1. The van der Waals surface area contributed by atoms with Crippen LogP contribution in [0.2, 0.25) is 0 Å². The molecule has 6 heteroatoms. The van der Waals surface area contributed by atoms with Gasteiger partial charge in [0.1, 0.15) is 5.82 Å². The molecule has 1 N–H and O–H groups in total. The van der Waals surface area contributed by atoms with Crippen LogP contribution in [0.3, 0.4) is 0 Å². The molecular formula is C26H18FN3OS. The Morgan fingerprint density at radius 3 is 2.34 bits per heavy atom. The van der Waals surface area contributed by atoms with Crippen molar-refractivity contribution in [2.24, 2.45) is 0 Å². The zero-order chi connectivity index (χ0) is 22.1. The minimum atomic E-state index is -0.300. The lowest BCUT2D eigenvalue weighted by molar-refractivity contribution is 0.102. The number of anilines is 1. The molecule has 1 amide bonds. The SMILES string of the molecule is Cc1ccc(-c2cc(C(=O)Nc3nc(-c4ccc(F)cc4)cs3)c3ccccc3n2)cc1. The number of benzene rings is 3. The molecule has 2 aromatic heterocycles. The first-order chi connectivity index (χ1) is 15.6. The maximum absolute atomic E-state index is 13.2. The fourth-order valence-corrected chi connectivity index (χ4v) is 4.20. The Labute approximate surface area is 188 Å². The molecule has 0 aliphatic heterocycles. The third-order valence-corrected chi connectivity index (χ3v) is 5.93. The molecule has 0 saturated carbocycles. The minimum absolute atomic E-state index is 0.253. The summed E-state index contributed by atoms with van der Waals surface area (Å²) in [5.74, 6) is -0.552. The van der Waals surface area contributed by atoms with E-state index in [1.54, 1.807) is 12.1 Å². The molecule has 0 bridgehead atoms. The first-order valence-electron chi connectivity index (χ1n) is 10.1. The summed E-state index contributed by atoms with van der Waals surface area (Å²) in [4.78, 5) is 22.5. The van der Waals surface area contributed by atoms with E-state index in [4.69, 9.17) is 4.98 Å². The van der Waals surface area contributed by atoms with Gasteiger partial charge in [0.05, 0.1) is 22.5 Å². The first-order valence-corrected chi connectivity index (χ1v) is 10.9. The number of aromatic nitrogens is 2. The molecule has 5 rings (SSSR count). The molecule has 0 spiro atoms. The molecule has 4 nitrogen and oxygen atoms in total. The Balaban J connectivity index is 1.49. The molecule has 0 aliphatic carbocycles. The van der Waals surface area contributed by atoms with Crippen molar-refractivity contribution in [3.05, 3.63) is 101 Å². The highest BCUT2D eigenvalue weighted by atomic mass is 32.1. The number of amides is 1. The number of halogens is 1. The molecule has 0 saturated heterocycles. The number of thiazole rings is 1. The molecule has 156 valence electrons. The molecule has 0 radical (unpaired) electrons. The van der Waals surface area contributed by atoms with Gasteiger partial charge in [-0.3, -0.25) is 10.1 Å². The van der Waals surface area contributed by atoms with E-state index in [1.165, 1.54) is 23.5 Å². The Hall–Kier alpha value is -3.90. The number of aryl methyl sites for hydroxylation is 1. The highest BCUT2D eigenvalue weighted by Gasteiger charge is 2.16.